The van der Waals surface area contributed by atoms with Gasteiger partial charge in [-0.3, -0.25) is 4.79 Å². The molecule has 118 valence electrons. The minimum atomic E-state index is 0.00381. The van der Waals surface area contributed by atoms with Crippen molar-refractivity contribution in [3.05, 3.63) is 59.2 Å². The van der Waals surface area contributed by atoms with E-state index in [0.717, 1.165) is 27.1 Å². The van der Waals surface area contributed by atoms with Crippen molar-refractivity contribution in [2.75, 3.05) is 11.1 Å². The Balaban J connectivity index is 1.58. The quantitative estimate of drug-likeness (QED) is 0.862. The Labute approximate surface area is 145 Å². The topological polar surface area (TPSA) is 41.5 Å². The molecule has 3 nitrogen and oxygen atoms in total. The molecular formula is C18H18N2OS2. The molecule has 0 fully saturated rings. The van der Waals surface area contributed by atoms with Crippen LogP contribution in [0.5, 0.6) is 0 Å². The number of fused-ring (bicyclic) bond motifs is 1. The number of aryl methyl sites for hydroxylation is 2. The molecule has 1 aliphatic rings. The van der Waals surface area contributed by atoms with Crippen molar-refractivity contribution in [3.63, 3.8) is 0 Å². The Morgan fingerprint density at radius 2 is 2.09 bits per heavy atom. The number of anilines is 1. The second-order valence-electron chi connectivity index (χ2n) is 5.45. The van der Waals surface area contributed by atoms with E-state index in [4.69, 9.17) is 0 Å². The van der Waals surface area contributed by atoms with E-state index in [-0.39, 0.29) is 5.91 Å². The fourth-order valence-electron chi connectivity index (χ4n) is 2.35. The van der Waals surface area contributed by atoms with Crippen LogP contribution in [-0.4, -0.2) is 16.0 Å². The van der Waals surface area contributed by atoms with Crippen LogP contribution in [0, 0.1) is 13.8 Å². The molecule has 0 saturated heterocycles. The summed E-state index contributed by atoms with van der Waals surface area (Å²) in [6.45, 7) is 4.05. The largest absolute Gasteiger partial charge is 0.325 e. The Hall–Kier alpha value is -1.72. The molecule has 0 aliphatic carbocycles. The average molecular weight is 342 g/mol. The summed E-state index contributed by atoms with van der Waals surface area (Å²) in [5.41, 5.74) is 5.43. The van der Waals surface area contributed by atoms with Crippen molar-refractivity contribution in [2.45, 2.75) is 19.6 Å². The molecule has 2 aromatic rings. The van der Waals surface area contributed by atoms with E-state index >= 15 is 0 Å². The minimum Gasteiger partial charge on any atom is -0.325 e. The summed E-state index contributed by atoms with van der Waals surface area (Å²) >= 11 is 3.19. The smallest absolute Gasteiger partial charge is 0.234 e. The van der Waals surface area contributed by atoms with Gasteiger partial charge < -0.3 is 5.32 Å². The number of aliphatic imine (C=N–C) groups is 1. The first-order valence-corrected chi connectivity index (χ1v) is 9.38. The maximum absolute atomic E-state index is 12.1. The van der Waals surface area contributed by atoms with Gasteiger partial charge in [0.25, 0.3) is 0 Å². The Morgan fingerprint density at radius 1 is 1.26 bits per heavy atom. The van der Waals surface area contributed by atoms with Crippen LogP contribution in [0.15, 0.2) is 47.5 Å². The fourth-order valence-corrected chi connectivity index (χ4v) is 4.22. The number of carbonyl (C=O) groups excluding carboxylic acids is 1. The zero-order valence-corrected chi connectivity index (χ0v) is 14.8. The van der Waals surface area contributed by atoms with Crippen LogP contribution in [-0.2, 0) is 10.5 Å². The maximum Gasteiger partial charge on any atom is 0.234 e. The van der Waals surface area contributed by atoms with Gasteiger partial charge in [0, 0.05) is 11.4 Å². The summed E-state index contributed by atoms with van der Waals surface area (Å²) in [7, 11) is 0. The molecular weight excluding hydrogens is 324 g/mol. The van der Waals surface area contributed by atoms with Crippen LogP contribution < -0.4 is 5.32 Å². The van der Waals surface area contributed by atoms with Gasteiger partial charge in [-0.15, -0.1) is 0 Å². The molecule has 0 bridgehead atoms. The van der Waals surface area contributed by atoms with E-state index in [2.05, 4.69) is 22.4 Å². The third-order valence-electron chi connectivity index (χ3n) is 3.54. The molecule has 2 aromatic carbocycles. The number of amides is 1. The second kappa shape index (κ2) is 7.23. The molecule has 0 saturated carbocycles. The van der Waals surface area contributed by atoms with E-state index < -0.39 is 0 Å². The lowest BCUT2D eigenvalue weighted by Crippen LogP contribution is -2.16. The van der Waals surface area contributed by atoms with Gasteiger partial charge in [-0.2, -0.15) is 0 Å². The number of thioether (sulfide) groups is 2. The highest BCUT2D eigenvalue weighted by molar-refractivity contribution is 8.38. The number of carbonyl (C=O) groups is 1. The molecule has 1 heterocycles. The van der Waals surface area contributed by atoms with E-state index in [1.807, 2.05) is 44.2 Å². The Morgan fingerprint density at radius 3 is 2.91 bits per heavy atom. The molecule has 0 atom stereocenters. The van der Waals surface area contributed by atoms with Crippen molar-refractivity contribution in [2.24, 2.45) is 4.99 Å². The molecule has 0 spiro atoms. The summed E-state index contributed by atoms with van der Waals surface area (Å²) in [4.78, 5) is 16.8. The maximum atomic E-state index is 12.1. The SMILES string of the molecule is Cc1ccc(NC(=O)CSC2=Nc3ccccc3CS2)c(C)c1. The highest BCUT2D eigenvalue weighted by Gasteiger charge is 2.14. The first-order chi connectivity index (χ1) is 11.1. The number of hydrogen-bond donors (Lipinski definition) is 1. The van der Waals surface area contributed by atoms with Crippen molar-refractivity contribution in [3.8, 4) is 0 Å². The first kappa shape index (κ1) is 16.1. The molecule has 0 aromatic heterocycles. The Bertz CT molecular complexity index is 771. The molecule has 1 N–H and O–H groups in total. The van der Waals surface area contributed by atoms with Crippen LogP contribution >= 0.6 is 23.5 Å². The third kappa shape index (κ3) is 4.18. The van der Waals surface area contributed by atoms with Gasteiger partial charge in [0.1, 0.15) is 4.38 Å². The summed E-state index contributed by atoms with van der Waals surface area (Å²) in [6.07, 6.45) is 0. The van der Waals surface area contributed by atoms with Gasteiger partial charge in [-0.1, -0.05) is 59.4 Å². The number of para-hydroxylation sites is 1. The predicted octanol–water partition coefficient (Wildman–Crippen LogP) is 4.91. The van der Waals surface area contributed by atoms with Gasteiger partial charge in [-0.05, 0) is 37.1 Å². The van der Waals surface area contributed by atoms with Crippen molar-refractivity contribution < 1.29 is 4.79 Å². The highest BCUT2D eigenvalue weighted by Crippen LogP contribution is 2.34. The normalized spacial score (nSPS) is 13.2. The van der Waals surface area contributed by atoms with E-state index in [0.29, 0.717) is 5.75 Å². The number of hydrogen-bond acceptors (Lipinski definition) is 4. The third-order valence-corrected chi connectivity index (χ3v) is 5.78. The van der Waals surface area contributed by atoms with E-state index in [9.17, 15) is 4.79 Å². The molecule has 0 unspecified atom stereocenters. The van der Waals surface area contributed by atoms with Crippen molar-refractivity contribution in [1.29, 1.82) is 0 Å². The van der Waals surface area contributed by atoms with Crippen molar-refractivity contribution >= 4 is 45.2 Å². The van der Waals surface area contributed by atoms with E-state index in [1.54, 1.807) is 11.8 Å². The summed E-state index contributed by atoms with van der Waals surface area (Å²) < 4.78 is 0.958. The number of benzene rings is 2. The molecule has 23 heavy (non-hydrogen) atoms. The Kier molecular flexibility index (Phi) is 5.08. The summed E-state index contributed by atoms with van der Waals surface area (Å²) in [5, 5.41) is 2.97. The number of nitrogens with zero attached hydrogens (tertiary/aromatic N) is 1. The van der Waals surface area contributed by atoms with E-state index in [1.165, 1.54) is 22.9 Å². The molecule has 1 amide bonds. The summed E-state index contributed by atoms with van der Waals surface area (Å²) in [5.74, 6) is 1.30. The van der Waals surface area contributed by atoms with Gasteiger partial charge in [0.05, 0.1) is 11.4 Å². The van der Waals surface area contributed by atoms with Gasteiger partial charge in [0.15, 0.2) is 0 Å². The average Bonchev–Trinajstić information content (AvgIpc) is 2.55. The summed E-state index contributed by atoms with van der Waals surface area (Å²) in [6, 6.07) is 14.2. The van der Waals surface area contributed by atoms with Gasteiger partial charge in [-0.25, -0.2) is 4.99 Å². The van der Waals surface area contributed by atoms with Gasteiger partial charge in [0.2, 0.25) is 5.91 Å². The van der Waals surface area contributed by atoms with Crippen LogP contribution in [0.1, 0.15) is 16.7 Å². The first-order valence-electron chi connectivity index (χ1n) is 7.41. The van der Waals surface area contributed by atoms with Crippen molar-refractivity contribution in [1.82, 2.24) is 0 Å². The number of nitrogens with one attached hydrogen (secondary N) is 1. The molecule has 3 rings (SSSR count). The van der Waals surface area contributed by atoms with Gasteiger partial charge >= 0.3 is 0 Å². The fraction of sp³-hybridized carbons (Fsp3) is 0.222. The van der Waals surface area contributed by atoms with Crippen LogP contribution in [0.25, 0.3) is 0 Å². The highest BCUT2D eigenvalue weighted by atomic mass is 32.2. The van der Waals surface area contributed by atoms with Crippen LogP contribution in [0.2, 0.25) is 0 Å². The number of rotatable bonds is 3. The lowest BCUT2D eigenvalue weighted by atomic mass is 10.1. The molecule has 1 aliphatic heterocycles. The lowest BCUT2D eigenvalue weighted by Gasteiger charge is -2.14. The van der Waals surface area contributed by atoms with Crippen LogP contribution in [0.4, 0.5) is 11.4 Å². The lowest BCUT2D eigenvalue weighted by molar-refractivity contribution is -0.113. The standard InChI is InChI=1S/C18H18N2OS2/c1-12-7-8-15(13(2)9-12)19-17(21)11-23-18-20-16-6-4-3-5-14(16)10-22-18/h3-9H,10-11H2,1-2H3,(H,19,21). The molecule has 5 heteroatoms. The monoisotopic (exact) mass is 342 g/mol. The van der Waals surface area contributed by atoms with Crippen LogP contribution in [0.3, 0.4) is 0 Å². The second-order valence-corrected chi connectivity index (χ2v) is 7.64. The minimum absolute atomic E-state index is 0.00381. The molecule has 0 radical (unpaired) electrons. The zero-order chi connectivity index (χ0) is 16.2. The predicted molar refractivity (Wildman–Crippen MR) is 102 cm³/mol. The zero-order valence-electron chi connectivity index (χ0n) is 13.1.